The Morgan fingerprint density at radius 2 is 2.29 bits per heavy atom. The van der Waals surface area contributed by atoms with Gasteiger partial charge < -0.3 is 10.1 Å². The van der Waals surface area contributed by atoms with Gasteiger partial charge in [0.25, 0.3) is 0 Å². The molecule has 1 aromatic carbocycles. The zero-order valence-electron chi connectivity index (χ0n) is 8.54. The lowest BCUT2D eigenvalue weighted by Gasteiger charge is -2.05. The fraction of sp³-hybridized carbons (Fsp3) is 0.364. The first-order chi connectivity index (χ1) is 6.72. The molecule has 76 valence electrons. The van der Waals surface area contributed by atoms with Gasteiger partial charge in [0.1, 0.15) is 0 Å². The summed E-state index contributed by atoms with van der Waals surface area (Å²) in [5, 5.41) is 2.67. The summed E-state index contributed by atoms with van der Waals surface area (Å²) >= 11 is 0. The Morgan fingerprint density at radius 1 is 1.50 bits per heavy atom. The summed E-state index contributed by atoms with van der Waals surface area (Å²) in [7, 11) is 0. The zero-order valence-corrected chi connectivity index (χ0v) is 8.54. The average molecular weight is 193 g/mol. The predicted octanol–water partition coefficient (Wildman–Crippen LogP) is 2.24. The molecule has 0 heterocycles. The molecular formula is C11H15NO2. The Balaban J connectivity index is 2.41. The van der Waals surface area contributed by atoms with Gasteiger partial charge in [0, 0.05) is 6.54 Å². The number of aryl methyl sites for hydroxylation is 1. The first-order valence-electron chi connectivity index (χ1n) is 4.68. The van der Waals surface area contributed by atoms with E-state index in [0.29, 0.717) is 13.2 Å². The summed E-state index contributed by atoms with van der Waals surface area (Å²) in [4.78, 5) is 11.0. The first kappa shape index (κ1) is 10.6. The molecule has 1 aromatic rings. The molecule has 3 nitrogen and oxygen atoms in total. The maximum atomic E-state index is 11.0. The second-order valence-corrected chi connectivity index (χ2v) is 3.06. The standard InChI is InChI=1S/C11H15NO2/c1-3-14-11(13)12-8-10-6-4-5-9(2)7-10/h4-7H,3,8H2,1-2H3,(H,12,13). The molecule has 0 spiro atoms. The Hall–Kier alpha value is -1.51. The highest BCUT2D eigenvalue weighted by Crippen LogP contribution is 2.03. The number of ether oxygens (including phenoxy) is 1. The van der Waals surface area contributed by atoms with Gasteiger partial charge in [-0.25, -0.2) is 4.79 Å². The lowest BCUT2D eigenvalue weighted by Crippen LogP contribution is -2.23. The van der Waals surface area contributed by atoms with Crippen molar-refractivity contribution in [3.8, 4) is 0 Å². The Kier molecular flexibility index (Phi) is 3.98. The second kappa shape index (κ2) is 5.27. The Morgan fingerprint density at radius 3 is 2.93 bits per heavy atom. The van der Waals surface area contributed by atoms with Crippen LogP contribution in [0.1, 0.15) is 18.1 Å². The van der Waals surface area contributed by atoms with Crippen LogP contribution in [0.25, 0.3) is 0 Å². The van der Waals surface area contributed by atoms with E-state index in [9.17, 15) is 4.79 Å². The van der Waals surface area contributed by atoms with Crippen molar-refractivity contribution in [1.82, 2.24) is 5.32 Å². The number of amides is 1. The third kappa shape index (κ3) is 3.47. The van der Waals surface area contributed by atoms with Gasteiger partial charge in [0.2, 0.25) is 0 Å². The van der Waals surface area contributed by atoms with Crippen LogP contribution >= 0.6 is 0 Å². The third-order valence-electron chi connectivity index (χ3n) is 1.79. The van der Waals surface area contributed by atoms with Gasteiger partial charge in [-0.2, -0.15) is 0 Å². The highest BCUT2D eigenvalue weighted by molar-refractivity contribution is 5.67. The van der Waals surface area contributed by atoms with Crippen molar-refractivity contribution in [2.45, 2.75) is 20.4 Å². The largest absolute Gasteiger partial charge is 0.450 e. The normalized spacial score (nSPS) is 9.57. The van der Waals surface area contributed by atoms with Crippen molar-refractivity contribution in [3.63, 3.8) is 0 Å². The summed E-state index contributed by atoms with van der Waals surface area (Å²) < 4.78 is 4.74. The number of rotatable bonds is 3. The molecule has 0 aromatic heterocycles. The van der Waals surface area contributed by atoms with Crippen LogP contribution in [0, 0.1) is 6.92 Å². The van der Waals surface area contributed by atoms with Crippen LogP contribution in [0.15, 0.2) is 24.3 Å². The van der Waals surface area contributed by atoms with Gasteiger partial charge in [-0.1, -0.05) is 29.8 Å². The molecular weight excluding hydrogens is 178 g/mol. The van der Waals surface area contributed by atoms with Crippen LogP contribution in [0.3, 0.4) is 0 Å². The molecule has 0 unspecified atom stereocenters. The molecule has 0 aliphatic heterocycles. The molecule has 0 aliphatic carbocycles. The minimum absolute atomic E-state index is 0.367. The van der Waals surface area contributed by atoms with Crippen molar-refractivity contribution >= 4 is 6.09 Å². The SMILES string of the molecule is CCOC(=O)NCc1cccc(C)c1. The number of nitrogens with one attached hydrogen (secondary N) is 1. The molecule has 0 saturated carbocycles. The average Bonchev–Trinajstić information content (AvgIpc) is 2.15. The van der Waals surface area contributed by atoms with E-state index in [2.05, 4.69) is 5.32 Å². The number of carbonyl (C=O) groups is 1. The highest BCUT2D eigenvalue weighted by Gasteiger charge is 1.99. The lowest BCUT2D eigenvalue weighted by atomic mass is 10.1. The number of alkyl carbamates (subject to hydrolysis) is 1. The van der Waals surface area contributed by atoms with Crippen LogP contribution in [-0.4, -0.2) is 12.7 Å². The number of hydrogen-bond acceptors (Lipinski definition) is 2. The second-order valence-electron chi connectivity index (χ2n) is 3.06. The summed E-state index contributed by atoms with van der Waals surface area (Å²) in [6, 6.07) is 8.00. The third-order valence-corrected chi connectivity index (χ3v) is 1.79. The van der Waals surface area contributed by atoms with Gasteiger partial charge >= 0.3 is 6.09 Å². The molecule has 3 heteroatoms. The van der Waals surface area contributed by atoms with Gasteiger partial charge in [0.05, 0.1) is 6.61 Å². The van der Waals surface area contributed by atoms with Crippen molar-refractivity contribution in [2.24, 2.45) is 0 Å². The van der Waals surface area contributed by atoms with E-state index in [1.54, 1.807) is 6.92 Å². The van der Waals surface area contributed by atoms with E-state index >= 15 is 0 Å². The van der Waals surface area contributed by atoms with Gasteiger partial charge in [0.15, 0.2) is 0 Å². The van der Waals surface area contributed by atoms with Crippen LogP contribution < -0.4 is 5.32 Å². The number of hydrogen-bond donors (Lipinski definition) is 1. The van der Waals surface area contributed by atoms with Gasteiger partial charge in [-0.15, -0.1) is 0 Å². The summed E-state index contributed by atoms with van der Waals surface area (Å²) in [5.74, 6) is 0. The number of benzene rings is 1. The van der Waals surface area contributed by atoms with E-state index in [-0.39, 0.29) is 6.09 Å². The minimum Gasteiger partial charge on any atom is -0.450 e. The summed E-state index contributed by atoms with van der Waals surface area (Å²) in [6.45, 7) is 4.72. The molecule has 0 fully saturated rings. The smallest absolute Gasteiger partial charge is 0.407 e. The fourth-order valence-electron chi connectivity index (χ4n) is 1.18. The number of carbonyl (C=O) groups excluding carboxylic acids is 1. The van der Waals surface area contributed by atoms with Crippen LogP contribution in [0.2, 0.25) is 0 Å². The quantitative estimate of drug-likeness (QED) is 0.799. The molecule has 1 rings (SSSR count). The lowest BCUT2D eigenvalue weighted by molar-refractivity contribution is 0.151. The molecule has 1 N–H and O–H groups in total. The van der Waals surface area contributed by atoms with E-state index in [4.69, 9.17) is 4.74 Å². The first-order valence-corrected chi connectivity index (χ1v) is 4.68. The van der Waals surface area contributed by atoms with Gasteiger partial charge in [-0.05, 0) is 19.4 Å². The summed E-state index contributed by atoms with van der Waals surface area (Å²) in [5.41, 5.74) is 2.27. The minimum atomic E-state index is -0.367. The van der Waals surface area contributed by atoms with Crippen molar-refractivity contribution in [2.75, 3.05) is 6.61 Å². The van der Waals surface area contributed by atoms with Crippen LogP contribution in [-0.2, 0) is 11.3 Å². The Bertz CT molecular complexity index is 310. The molecule has 0 aliphatic rings. The molecule has 0 radical (unpaired) electrons. The molecule has 0 bridgehead atoms. The Labute approximate surface area is 84.1 Å². The maximum absolute atomic E-state index is 11.0. The zero-order chi connectivity index (χ0) is 10.4. The van der Waals surface area contributed by atoms with Crippen molar-refractivity contribution in [1.29, 1.82) is 0 Å². The highest BCUT2D eigenvalue weighted by atomic mass is 16.5. The predicted molar refractivity (Wildman–Crippen MR) is 55.0 cm³/mol. The van der Waals surface area contributed by atoms with E-state index < -0.39 is 0 Å². The molecule has 14 heavy (non-hydrogen) atoms. The van der Waals surface area contributed by atoms with Crippen LogP contribution in [0.5, 0.6) is 0 Å². The van der Waals surface area contributed by atoms with Crippen LogP contribution in [0.4, 0.5) is 4.79 Å². The summed E-state index contributed by atoms with van der Waals surface area (Å²) in [6.07, 6.45) is -0.367. The molecule has 0 atom stereocenters. The van der Waals surface area contributed by atoms with E-state index in [1.165, 1.54) is 5.56 Å². The van der Waals surface area contributed by atoms with E-state index in [1.807, 2.05) is 31.2 Å². The van der Waals surface area contributed by atoms with Crippen molar-refractivity contribution < 1.29 is 9.53 Å². The maximum Gasteiger partial charge on any atom is 0.407 e. The van der Waals surface area contributed by atoms with Gasteiger partial charge in [-0.3, -0.25) is 0 Å². The van der Waals surface area contributed by atoms with E-state index in [0.717, 1.165) is 5.56 Å². The molecule has 0 saturated heterocycles. The monoisotopic (exact) mass is 193 g/mol. The topological polar surface area (TPSA) is 38.3 Å². The molecule has 1 amide bonds. The fourth-order valence-corrected chi connectivity index (χ4v) is 1.18. The van der Waals surface area contributed by atoms with Crippen molar-refractivity contribution in [3.05, 3.63) is 35.4 Å².